The average Bonchev–Trinajstić information content (AvgIpc) is 3.24. The summed E-state index contributed by atoms with van der Waals surface area (Å²) < 4.78 is 5.73. The summed E-state index contributed by atoms with van der Waals surface area (Å²) in [7, 11) is 1.44. The lowest BCUT2D eigenvalue weighted by molar-refractivity contribution is -0.193. The van der Waals surface area contributed by atoms with Gasteiger partial charge in [-0.05, 0) is 37.2 Å². The van der Waals surface area contributed by atoms with Gasteiger partial charge in [0.15, 0.2) is 11.5 Å². The molecule has 4 aliphatic rings. The Morgan fingerprint density at radius 1 is 1.10 bits per heavy atom. The molecule has 0 heterocycles. The first-order valence-corrected chi connectivity index (χ1v) is 13.3. The number of methoxy groups -OCH3 is 1. The van der Waals surface area contributed by atoms with E-state index < -0.39 is 80.4 Å². The van der Waals surface area contributed by atoms with E-state index in [2.05, 4.69) is 19.9 Å². The number of aliphatic hydroxyl groups is 4. The van der Waals surface area contributed by atoms with Gasteiger partial charge >= 0.3 is 0 Å². The van der Waals surface area contributed by atoms with Crippen LogP contribution < -0.4 is 10.5 Å². The van der Waals surface area contributed by atoms with Gasteiger partial charge < -0.3 is 41.1 Å². The number of hydrogen-bond acceptors (Lipinski definition) is 10. The van der Waals surface area contributed by atoms with Crippen molar-refractivity contribution in [3.05, 3.63) is 51.3 Å². The van der Waals surface area contributed by atoms with Gasteiger partial charge in [0.2, 0.25) is 11.4 Å². The Balaban J connectivity index is 1.79. The molecule has 4 atom stereocenters. The minimum Gasteiger partial charge on any atom is -0.508 e. The molecule has 1 amide bonds. The summed E-state index contributed by atoms with van der Waals surface area (Å²) in [5.41, 5.74) is -2.49. The summed E-state index contributed by atoms with van der Waals surface area (Å²) >= 11 is 0. The molecular formula is C30H31NO10. The quantitative estimate of drug-likeness (QED) is 0.207. The highest BCUT2D eigenvalue weighted by molar-refractivity contribution is 6.24. The molecule has 4 aliphatic carbocycles. The van der Waals surface area contributed by atoms with Crippen LogP contribution >= 0.6 is 0 Å². The zero-order valence-electron chi connectivity index (χ0n) is 23.0. The predicted octanol–water partition coefficient (Wildman–Crippen LogP) is 1.78. The molecule has 0 aromatic heterocycles. The molecule has 11 nitrogen and oxygen atoms in total. The number of ether oxygens (including phenoxy) is 1. The maximum atomic E-state index is 14.1. The van der Waals surface area contributed by atoms with Crippen molar-refractivity contribution in [1.29, 1.82) is 0 Å². The minimum atomic E-state index is -3.41. The van der Waals surface area contributed by atoms with Crippen LogP contribution in [0.5, 0.6) is 17.2 Å². The maximum Gasteiger partial charge on any atom is 0.255 e. The fourth-order valence-corrected chi connectivity index (χ4v) is 8.11. The fourth-order valence-electron chi connectivity index (χ4n) is 8.11. The van der Waals surface area contributed by atoms with E-state index in [0.29, 0.717) is 22.3 Å². The third-order valence-electron chi connectivity index (χ3n) is 10.2. The SMILES string of the molecule is COc1cc(O)c2c(O)c3c(c4c2c1[C@@]1(C4)C(C)=CCCC1(C)C)[C@H](O)[C@@]1(O)CC(=O)C(C(N)=O)=C(O)[C@@]1(O)C3=O. The molecule has 2 aromatic carbocycles. The maximum absolute atomic E-state index is 14.1. The molecule has 0 saturated heterocycles. The van der Waals surface area contributed by atoms with Gasteiger partial charge in [0, 0.05) is 34.4 Å². The predicted molar refractivity (Wildman–Crippen MR) is 144 cm³/mol. The van der Waals surface area contributed by atoms with E-state index in [1.54, 1.807) is 0 Å². The van der Waals surface area contributed by atoms with Crippen molar-refractivity contribution in [2.75, 3.05) is 7.11 Å². The van der Waals surface area contributed by atoms with Crippen molar-refractivity contribution in [1.82, 2.24) is 0 Å². The third kappa shape index (κ3) is 2.76. The number of Topliss-reactive ketones (excluding diaryl/α,β-unsaturated/α-hetero) is 2. The number of hydrogen-bond donors (Lipinski definition) is 7. The van der Waals surface area contributed by atoms with Gasteiger partial charge in [-0.25, -0.2) is 0 Å². The van der Waals surface area contributed by atoms with E-state index in [1.165, 1.54) is 13.2 Å². The minimum absolute atomic E-state index is 0.138. The standard InChI is InChI=1S/C30H31NO10/c1-11-6-5-7-27(2,3)28(11)9-12-16-18(13(32)8-15(41-4)21(16)28)22(34)20-17(12)23(35)29(39)10-14(33)19(26(31)38)24(36)30(29,40)25(20)37/h6,8,23,32,34-36,39-40H,5,7,9-10H2,1-4H3,(H2,31,38)/t23-,28+,29-,30+/m0/s1. The first-order chi connectivity index (χ1) is 19.0. The topological polar surface area (TPSA) is 208 Å². The summed E-state index contributed by atoms with van der Waals surface area (Å²) in [4.78, 5) is 38.9. The van der Waals surface area contributed by atoms with Crippen LogP contribution in [0, 0.1) is 5.41 Å². The van der Waals surface area contributed by atoms with E-state index in [1.807, 2.05) is 6.92 Å². The van der Waals surface area contributed by atoms with Crippen molar-refractivity contribution in [2.24, 2.45) is 11.1 Å². The lowest BCUT2D eigenvalue weighted by Crippen LogP contribution is -2.69. The number of rotatable bonds is 2. The number of allylic oxidation sites excluding steroid dienone is 2. The van der Waals surface area contributed by atoms with E-state index in [4.69, 9.17) is 10.5 Å². The zero-order valence-corrected chi connectivity index (χ0v) is 23.0. The molecule has 0 saturated carbocycles. The highest BCUT2D eigenvalue weighted by atomic mass is 16.5. The Morgan fingerprint density at radius 3 is 2.34 bits per heavy atom. The van der Waals surface area contributed by atoms with Crippen molar-refractivity contribution < 1.29 is 49.8 Å². The van der Waals surface area contributed by atoms with Gasteiger partial charge in [-0.3, -0.25) is 14.4 Å². The van der Waals surface area contributed by atoms with E-state index in [0.717, 1.165) is 18.4 Å². The third-order valence-corrected chi connectivity index (χ3v) is 10.2. The molecule has 8 N–H and O–H groups in total. The number of nitrogens with two attached hydrogens (primary N) is 1. The molecule has 0 unspecified atom stereocenters. The van der Waals surface area contributed by atoms with Gasteiger partial charge in [0.05, 0.1) is 18.1 Å². The molecule has 0 bridgehead atoms. The van der Waals surface area contributed by atoms with Gasteiger partial charge in [-0.2, -0.15) is 0 Å². The number of ketones is 2. The summed E-state index contributed by atoms with van der Waals surface area (Å²) in [6.07, 6.45) is 0.488. The highest BCUT2D eigenvalue weighted by Gasteiger charge is 2.71. The summed E-state index contributed by atoms with van der Waals surface area (Å²) in [5, 5.41) is 68.9. The summed E-state index contributed by atoms with van der Waals surface area (Å²) in [6.45, 7) is 6.10. The Labute approximate surface area is 234 Å². The first-order valence-electron chi connectivity index (χ1n) is 13.3. The highest BCUT2D eigenvalue weighted by Crippen LogP contribution is 2.66. The second-order valence-corrected chi connectivity index (χ2v) is 12.3. The lowest BCUT2D eigenvalue weighted by Gasteiger charge is -2.51. The Bertz CT molecular complexity index is 1720. The number of phenols is 2. The molecule has 0 radical (unpaired) electrons. The molecule has 0 aliphatic heterocycles. The number of primary amides is 1. The molecule has 41 heavy (non-hydrogen) atoms. The van der Waals surface area contributed by atoms with Crippen LogP contribution in [0.25, 0.3) is 10.8 Å². The van der Waals surface area contributed by atoms with Crippen molar-refractivity contribution in [3.8, 4) is 17.2 Å². The number of carbonyl (C=O) groups is 3. The van der Waals surface area contributed by atoms with Gasteiger partial charge in [-0.15, -0.1) is 0 Å². The first kappa shape index (κ1) is 27.3. The smallest absolute Gasteiger partial charge is 0.255 e. The molecule has 0 fully saturated rings. The largest absolute Gasteiger partial charge is 0.508 e. The Morgan fingerprint density at radius 2 is 1.76 bits per heavy atom. The van der Waals surface area contributed by atoms with Crippen LogP contribution in [0.4, 0.5) is 0 Å². The molecule has 216 valence electrons. The summed E-state index contributed by atoms with van der Waals surface area (Å²) in [5.74, 6) is -6.54. The van der Waals surface area contributed by atoms with Gasteiger partial charge in [0.1, 0.15) is 34.5 Å². The molecule has 11 heteroatoms. The second-order valence-electron chi connectivity index (χ2n) is 12.3. The number of carbonyl (C=O) groups excluding carboxylic acids is 3. The van der Waals surface area contributed by atoms with Crippen LogP contribution in [0.2, 0.25) is 0 Å². The van der Waals surface area contributed by atoms with Crippen LogP contribution in [-0.4, -0.2) is 66.4 Å². The van der Waals surface area contributed by atoms with Crippen molar-refractivity contribution >= 4 is 28.2 Å². The monoisotopic (exact) mass is 565 g/mol. The zero-order chi connectivity index (χ0) is 30.2. The van der Waals surface area contributed by atoms with Crippen LogP contribution in [0.3, 0.4) is 0 Å². The number of amides is 1. The Kier molecular flexibility index (Phi) is 5.23. The van der Waals surface area contributed by atoms with E-state index in [9.17, 15) is 45.0 Å². The van der Waals surface area contributed by atoms with Gasteiger partial charge in [0.25, 0.3) is 5.91 Å². The van der Waals surface area contributed by atoms with Crippen molar-refractivity contribution in [2.45, 2.75) is 69.2 Å². The average molecular weight is 566 g/mol. The Hall–Kier alpha value is -3.93. The molecular weight excluding hydrogens is 534 g/mol. The molecule has 1 spiro atoms. The van der Waals surface area contributed by atoms with Crippen molar-refractivity contribution in [3.63, 3.8) is 0 Å². The van der Waals surface area contributed by atoms with Crippen LogP contribution in [-0.2, 0) is 21.4 Å². The van der Waals surface area contributed by atoms with Crippen LogP contribution in [0.15, 0.2) is 29.0 Å². The van der Waals surface area contributed by atoms with E-state index in [-0.39, 0.29) is 17.4 Å². The molecule has 6 rings (SSSR count). The number of aromatic hydroxyl groups is 2. The van der Waals surface area contributed by atoms with E-state index >= 15 is 0 Å². The summed E-state index contributed by atoms with van der Waals surface area (Å²) in [6, 6.07) is 1.33. The number of fused-ring (bicyclic) bond motifs is 4. The van der Waals surface area contributed by atoms with Crippen LogP contribution in [0.1, 0.15) is 73.2 Å². The number of phenolic OH excluding ortho intramolecular Hbond substituents is 2. The number of aliphatic hydroxyl groups excluding tert-OH is 2. The van der Waals surface area contributed by atoms with Gasteiger partial charge in [-0.1, -0.05) is 25.5 Å². The lowest BCUT2D eigenvalue weighted by atomic mass is 9.54. The second kappa shape index (κ2) is 7.87. The fraction of sp³-hybridized carbons (Fsp3) is 0.433. The molecule has 2 aromatic rings. The normalized spacial score (nSPS) is 31.8. The number of benzene rings is 2.